The summed E-state index contributed by atoms with van der Waals surface area (Å²) in [6.45, 7) is 5.50. The number of hydrogen-bond acceptors (Lipinski definition) is 6. The summed E-state index contributed by atoms with van der Waals surface area (Å²) >= 11 is 0. The molecule has 0 saturated heterocycles. The van der Waals surface area contributed by atoms with E-state index in [0.717, 1.165) is 5.56 Å². The van der Waals surface area contributed by atoms with Crippen molar-refractivity contribution in [3.63, 3.8) is 0 Å². The second-order valence-electron chi connectivity index (χ2n) is 9.85. The molecule has 0 bridgehead atoms. The third-order valence-corrected chi connectivity index (χ3v) is 6.72. The fourth-order valence-electron chi connectivity index (χ4n) is 4.52. The van der Waals surface area contributed by atoms with E-state index in [9.17, 15) is 18.8 Å². The van der Waals surface area contributed by atoms with Crippen molar-refractivity contribution >= 4 is 29.0 Å². The van der Waals surface area contributed by atoms with Crippen LogP contribution in [0.3, 0.4) is 0 Å². The molecule has 0 heterocycles. The molecular formula is C35H33FN2O5. The van der Waals surface area contributed by atoms with E-state index in [1.807, 2.05) is 18.2 Å². The van der Waals surface area contributed by atoms with Gasteiger partial charge in [0.2, 0.25) is 0 Å². The van der Waals surface area contributed by atoms with Crippen molar-refractivity contribution in [2.75, 3.05) is 30.5 Å². The summed E-state index contributed by atoms with van der Waals surface area (Å²) in [5.74, 6) is -0.994. The molecule has 4 aromatic rings. The van der Waals surface area contributed by atoms with Gasteiger partial charge in [-0.3, -0.25) is 9.59 Å². The first-order valence-corrected chi connectivity index (χ1v) is 13.7. The number of hydrogen-bond donors (Lipinski definition) is 1. The van der Waals surface area contributed by atoms with Crippen LogP contribution in [-0.2, 0) is 20.7 Å². The Morgan fingerprint density at radius 2 is 1.53 bits per heavy atom. The van der Waals surface area contributed by atoms with E-state index in [4.69, 9.17) is 9.47 Å². The number of carbonyl (C=O) groups is 3. The van der Waals surface area contributed by atoms with Crippen LogP contribution in [0.15, 0.2) is 115 Å². The van der Waals surface area contributed by atoms with Crippen LogP contribution in [0.4, 0.5) is 15.8 Å². The molecule has 0 saturated carbocycles. The van der Waals surface area contributed by atoms with Crippen LogP contribution < -0.4 is 15.0 Å². The fourth-order valence-corrected chi connectivity index (χ4v) is 4.52. The number of ether oxygens (including phenoxy) is 2. The summed E-state index contributed by atoms with van der Waals surface area (Å²) in [6.07, 6.45) is 0.287. The molecule has 4 aromatic carbocycles. The molecule has 0 aromatic heterocycles. The minimum Gasteiger partial charge on any atom is -0.492 e. The molecule has 8 heteroatoms. The summed E-state index contributed by atoms with van der Waals surface area (Å²) in [5, 5.41) is 3.20. The maximum atomic E-state index is 14.4. The summed E-state index contributed by atoms with van der Waals surface area (Å²) < 4.78 is 25.3. The van der Waals surface area contributed by atoms with Crippen molar-refractivity contribution in [1.82, 2.24) is 0 Å². The van der Waals surface area contributed by atoms with E-state index < -0.39 is 23.7 Å². The Labute approximate surface area is 250 Å². The lowest BCUT2D eigenvalue weighted by molar-refractivity contribution is -0.141. The lowest BCUT2D eigenvalue weighted by atomic mass is 10.00. The Hall–Kier alpha value is -5.24. The Morgan fingerprint density at radius 1 is 0.884 bits per heavy atom. The number of amides is 1. The van der Waals surface area contributed by atoms with Crippen molar-refractivity contribution in [2.45, 2.75) is 19.4 Å². The SMILES string of the molecule is C=C(C)C(=O)N(CCOc1ccc(C[C@H](Nc2ccccc2C(=O)c2ccccc2)C(=O)OC)cc1)c1ccccc1F. The topological polar surface area (TPSA) is 84.9 Å². The Morgan fingerprint density at radius 3 is 2.21 bits per heavy atom. The molecule has 1 amide bonds. The van der Waals surface area contributed by atoms with E-state index in [2.05, 4.69) is 11.9 Å². The van der Waals surface area contributed by atoms with Crippen LogP contribution in [0, 0.1) is 5.82 Å². The minimum absolute atomic E-state index is 0.115. The predicted molar refractivity (Wildman–Crippen MR) is 165 cm³/mol. The first-order chi connectivity index (χ1) is 20.8. The second-order valence-corrected chi connectivity index (χ2v) is 9.85. The summed E-state index contributed by atoms with van der Waals surface area (Å²) in [4.78, 5) is 39.9. The van der Waals surface area contributed by atoms with Gasteiger partial charge in [0.15, 0.2) is 5.78 Å². The zero-order valence-corrected chi connectivity index (χ0v) is 24.1. The fraction of sp³-hybridized carbons (Fsp3) is 0.171. The molecule has 0 aliphatic rings. The number of rotatable bonds is 13. The predicted octanol–water partition coefficient (Wildman–Crippen LogP) is 6.24. The zero-order chi connectivity index (χ0) is 30.8. The van der Waals surface area contributed by atoms with E-state index in [0.29, 0.717) is 22.6 Å². The molecule has 220 valence electrons. The van der Waals surface area contributed by atoms with Gasteiger partial charge in [-0.05, 0) is 48.9 Å². The van der Waals surface area contributed by atoms with Gasteiger partial charge in [-0.15, -0.1) is 0 Å². The van der Waals surface area contributed by atoms with Crippen LogP contribution in [0.25, 0.3) is 0 Å². The highest BCUT2D eigenvalue weighted by Gasteiger charge is 2.23. The molecule has 7 nitrogen and oxygen atoms in total. The molecule has 1 atom stereocenters. The highest BCUT2D eigenvalue weighted by atomic mass is 19.1. The van der Waals surface area contributed by atoms with E-state index in [1.54, 1.807) is 79.7 Å². The Balaban J connectivity index is 1.43. The number of carbonyl (C=O) groups excluding carboxylic acids is 3. The lowest BCUT2D eigenvalue weighted by Crippen LogP contribution is -2.35. The first-order valence-electron chi connectivity index (χ1n) is 13.7. The second kappa shape index (κ2) is 14.6. The molecule has 43 heavy (non-hydrogen) atoms. The normalized spacial score (nSPS) is 11.2. The number of para-hydroxylation sites is 2. The number of methoxy groups -OCH3 is 1. The Bertz CT molecular complexity index is 1590. The summed E-state index contributed by atoms with van der Waals surface area (Å²) in [6, 6.07) is 28.4. The molecule has 0 unspecified atom stereocenters. The van der Waals surface area contributed by atoms with Gasteiger partial charge >= 0.3 is 5.97 Å². The minimum atomic E-state index is -0.760. The maximum Gasteiger partial charge on any atom is 0.328 e. The smallest absolute Gasteiger partial charge is 0.328 e. The van der Waals surface area contributed by atoms with Crippen LogP contribution in [0.2, 0.25) is 0 Å². The van der Waals surface area contributed by atoms with E-state index in [-0.39, 0.29) is 36.6 Å². The van der Waals surface area contributed by atoms with Gasteiger partial charge in [0.1, 0.15) is 24.2 Å². The lowest BCUT2D eigenvalue weighted by Gasteiger charge is -2.23. The van der Waals surface area contributed by atoms with Gasteiger partial charge in [-0.1, -0.05) is 73.3 Å². The maximum absolute atomic E-state index is 14.4. The Kier molecular flexibility index (Phi) is 10.4. The molecular weight excluding hydrogens is 547 g/mol. The summed E-state index contributed by atoms with van der Waals surface area (Å²) in [7, 11) is 1.32. The van der Waals surface area contributed by atoms with Crippen molar-refractivity contribution < 1.29 is 28.2 Å². The average molecular weight is 581 g/mol. The number of esters is 1. The van der Waals surface area contributed by atoms with E-state index >= 15 is 0 Å². The third kappa shape index (κ3) is 7.95. The number of halogens is 1. The quantitative estimate of drug-likeness (QED) is 0.115. The van der Waals surface area contributed by atoms with Crippen LogP contribution in [0.5, 0.6) is 5.75 Å². The summed E-state index contributed by atoms with van der Waals surface area (Å²) in [5.41, 5.74) is 2.78. The van der Waals surface area contributed by atoms with Crippen LogP contribution >= 0.6 is 0 Å². The molecule has 0 aliphatic carbocycles. The highest BCUT2D eigenvalue weighted by molar-refractivity contribution is 6.12. The monoisotopic (exact) mass is 580 g/mol. The van der Waals surface area contributed by atoms with Crippen molar-refractivity contribution in [2.24, 2.45) is 0 Å². The van der Waals surface area contributed by atoms with Gasteiger partial charge in [0, 0.05) is 28.8 Å². The van der Waals surface area contributed by atoms with Crippen molar-refractivity contribution in [3.8, 4) is 5.75 Å². The highest BCUT2D eigenvalue weighted by Crippen LogP contribution is 2.23. The van der Waals surface area contributed by atoms with Gasteiger partial charge in [-0.25, -0.2) is 9.18 Å². The number of benzene rings is 4. The number of nitrogens with one attached hydrogen (secondary N) is 1. The van der Waals surface area contributed by atoms with Crippen molar-refractivity contribution in [1.29, 1.82) is 0 Å². The average Bonchev–Trinajstić information content (AvgIpc) is 3.03. The molecule has 0 aliphatic heterocycles. The van der Waals surface area contributed by atoms with Crippen molar-refractivity contribution in [3.05, 3.63) is 138 Å². The first kappa shape index (κ1) is 30.7. The molecule has 1 N–H and O–H groups in total. The number of ketones is 1. The number of anilines is 2. The largest absolute Gasteiger partial charge is 0.492 e. The van der Waals surface area contributed by atoms with Gasteiger partial charge in [0.25, 0.3) is 5.91 Å². The molecule has 0 fully saturated rings. The van der Waals surface area contributed by atoms with Gasteiger partial charge < -0.3 is 19.7 Å². The van der Waals surface area contributed by atoms with Crippen LogP contribution in [0.1, 0.15) is 28.4 Å². The zero-order valence-electron chi connectivity index (χ0n) is 24.1. The molecule has 4 rings (SSSR count). The van der Waals surface area contributed by atoms with E-state index in [1.165, 1.54) is 24.1 Å². The molecule has 0 spiro atoms. The molecule has 0 radical (unpaired) electrons. The number of nitrogens with zero attached hydrogens (tertiary/aromatic N) is 1. The van der Waals surface area contributed by atoms with Gasteiger partial charge in [0.05, 0.1) is 19.3 Å². The standard InChI is InChI=1S/C35H33FN2O5/c1-24(2)34(40)38(32-16-10-8-14-29(32)36)21-22-43-27-19-17-25(18-20-27)23-31(35(41)42-3)37-30-15-9-7-13-28(30)33(39)26-11-5-4-6-12-26/h4-20,31,37H,1,21-23H2,2-3H3/t31-/m0/s1. The third-order valence-electron chi connectivity index (χ3n) is 6.72. The van der Waals surface area contributed by atoms with Crippen LogP contribution in [-0.4, -0.2) is 44.0 Å². The van der Waals surface area contributed by atoms with Gasteiger partial charge in [-0.2, -0.15) is 0 Å².